The molecule has 0 spiro atoms. The number of nitrogens with one attached hydrogen (secondary N) is 2. The molecule has 1 saturated heterocycles. The zero-order valence-electron chi connectivity index (χ0n) is 16.4. The van der Waals surface area contributed by atoms with Crippen LogP contribution in [0.2, 0.25) is 0 Å². The number of aryl methyl sites for hydroxylation is 1. The number of carbonyl (C=O) groups is 2. The second kappa shape index (κ2) is 9.36. The molecule has 1 aromatic heterocycles. The molecule has 150 valence electrons. The number of amides is 3. The van der Waals surface area contributed by atoms with Crippen LogP contribution >= 0.6 is 0 Å². The number of urea groups is 1. The van der Waals surface area contributed by atoms with E-state index in [9.17, 15) is 9.59 Å². The van der Waals surface area contributed by atoms with Crippen molar-refractivity contribution in [2.75, 3.05) is 31.6 Å². The number of benzene rings is 1. The Morgan fingerprint density at radius 2 is 2.04 bits per heavy atom. The largest absolute Gasteiger partial charge is 0.378 e. The minimum Gasteiger partial charge on any atom is -0.378 e. The van der Waals surface area contributed by atoms with Gasteiger partial charge in [-0.05, 0) is 31.5 Å². The van der Waals surface area contributed by atoms with Gasteiger partial charge in [0.1, 0.15) is 0 Å². The van der Waals surface area contributed by atoms with Crippen molar-refractivity contribution in [3.8, 4) is 0 Å². The third-order valence-electron chi connectivity index (χ3n) is 4.76. The maximum absolute atomic E-state index is 12.6. The summed E-state index contributed by atoms with van der Waals surface area (Å²) in [7, 11) is 0. The van der Waals surface area contributed by atoms with E-state index in [0.717, 1.165) is 18.5 Å². The number of hydrogen-bond donors (Lipinski definition) is 2. The van der Waals surface area contributed by atoms with E-state index in [2.05, 4.69) is 15.7 Å². The highest BCUT2D eigenvalue weighted by molar-refractivity contribution is 5.97. The first kappa shape index (κ1) is 19.9. The van der Waals surface area contributed by atoms with Gasteiger partial charge < -0.3 is 20.3 Å². The summed E-state index contributed by atoms with van der Waals surface area (Å²) in [5.41, 5.74) is 2.10. The van der Waals surface area contributed by atoms with Crippen LogP contribution in [0.4, 0.5) is 10.5 Å². The van der Waals surface area contributed by atoms with Crippen molar-refractivity contribution < 1.29 is 14.3 Å². The number of nitrogens with zero attached hydrogens (tertiary/aromatic N) is 3. The topological polar surface area (TPSA) is 88.5 Å². The van der Waals surface area contributed by atoms with E-state index in [-0.39, 0.29) is 18.0 Å². The number of aromatic nitrogens is 2. The fourth-order valence-corrected chi connectivity index (χ4v) is 3.16. The van der Waals surface area contributed by atoms with E-state index in [1.807, 2.05) is 24.7 Å². The SMILES string of the molecule is CC[C@H](NC(=O)Nc1cccc(C(=O)N2CCOCC2)c1)c1cnn(CC)c1. The third kappa shape index (κ3) is 4.89. The minimum atomic E-state index is -0.313. The van der Waals surface area contributed by atoms with E-state index in [1.165, 1.54) is 0 Å². The van der Waals surface area contributed by atoms with Gasteiger partial charge in [-0.15, -0.1) is 0 Å². The molecule has 3 amide bonds. The van der Waals surface area contributed by atoms with Gasteiger partial charge in [0.2, 0.25) is 0 Å². The summed E-state index contributed by atoms with van der Waals surface area (Å²) in [6.07, 6.45) is 4.47. The Bertz CT molecular complexity index is 814. The van der Waals surface area contributed by atoms with E-state index in [4.69, 9.17) is 4.74 Å². The normalized spacial score (nSPS) is 15.1. The second-order valence-corrected chi connectivity index (χ2v) is 6.67. The van der Waals surface area contributed by atoms with E-state index < -0.39 is 0 Å². The number of rotatable bonds is 6. The molecule has 0 saturated carbocycles. The van der Waals surface area contributed by atoms with Crippen LogP contribution in [-0.4, -0.2) is 52.9 Å². The van der Waals surface area contributed by atoms with Crippen LogP contribution in [0.25, 0.3) is 0 Å². The van der Waals surface area contributed by atoms with Crippen LogP contribution in [0.3, 0.4) is 0 Å². The second-order valence-electron chi connectivity index (χ2n) is 6.67. The minimum absolute atomic E-state index is 0.0502. The molecule has 28 heavy (non-hydrogen) atoms. The molecule has 0 bridgehead atoms. The zero-order valence-corrected chi connectivity index (χ0v) is 16.4. The van der Waals surface area contributed by atoms with Gasteiger partial charge in [0, 0.05) is 42.6 Å². The number of anilines is 1. The molecule has 0 radical (unpaired) electrons. The summed E-state index contributed by atoms with van der Waals surface area (Å²) in [6.45, 7) is 7.09. The van der Waals surface area contributed by atoms with E-state index in [1.54, 1.807) is 35.4 Å². The Labute approximate surface area is 164 Å². The average molecular weight is 385 g/mol. The molecule has 1 aliphatic rings. The van der Waals surface area contributed by atoms with Gasteiger partial charge in [-0.3, -0.25) is 9.48 Å². The van der Waals surface area contributed by atoms with Gasteiger partial charge in [0.25, 0.3) is 5.91 Å². The van der Waals surface area contributed by atoms with Crippen LogP contribution in [0.1, 0.15) is 42.2 Å². The molecule has 1 fully saturated rings. The Hall–Kier alpha value is -2.87. The number of ether oxygens (including phenoxy) is 1. The van der Waals surface area contributed by atoms with E-state index in [0.29, 0.717) is 37.6 Å². The Balaban J connectivity index is 1.62. The van der Waals surface area contributed by atoms with Crippen LogP contribution in [0.15, 0.2) is 36.7 Å². The molecular formula is C20H27N5O3. The molecular weight excluding hydrogens is 358 g/mol. The molecule has 1 atom stereocenters. The predicted octanol–water partition coefficient (Wildman–Crippen LogP) is 2.65. The number of carbonyl (C=O) groups excluding carboxylic acids is 2. The van der Waals surface area contributed by atoms with Gasteiger partial charge in [0.05, 0.1) is 25.5 Å². The van der Waals surface area contributed by atoms with Crippen molar-refractivity contribution in [1.82, 2.24) is 20.0 Å². The highest BCUT2D eigenvalue weighted by Crippen LogP contribution is 2.17. The third-order valence-corrected chi connectivity index (χ3v) is 4.76. The molecule has 1 aromatic carbocycles. The first-order chi connectivity index (χ1) is 13.6. The molecule has 2 aromatic rings. The maximum Gasteiger partial charge on any atom is 0.319 e. The maximum atomic E-state index is 12.6. The first-order valence-corrected chi connectivity index (χ1v) is 9.67. The summed E-state index contributed by atoms with van der Waals surface area (Å²) in [5.74, 6) is -0.0502. The molecule has 3 rings (SSSR count). The molecule has 2 heterocycles. The van der Waals surface area contributed by atoms with Crippen LogP contribution in [0.5, 0.6) is 0 Å². The fourth-order valence-electron chi connectivity index (χ4n) is 3.16. The fraction of sp³-hybridized carbons (Fsp3) is 0.450. The van der Waals surface area contributed by atoms with Gasteiger partial charge in [-0.25, -0.2) is 4.79 Å². The van der Waals surface area contributed by atoms with Crippen molar-refractivity contribution in [3.63, 3.8) is 0 Å². The average Bonchev–Trinajstić information content (AvgIpc) is 3.21. The molecule has 2 N–H and O–H groups in total. The lowest BCUT2D eigenvalue weighted by Gasteiger charge is -2.27. The molecule has 1 aliphatic heterocycles. The number of morpholine rings is 1. The molecule has 0 unspecified atom stereocenters. The standard InChI is InChI=1S/C20H27N5O3/c1-3-18(16-13-21-25(4-2)14-16)23-20(27)22-17-7-5-6-15(12-17)19(26)24-8-10-28-11-9-24/h5-7,12-14,18H,3-4,8-11H2,1-2H3,(H2,22,23,27)/t18-/m0/s1. The highest BCUT2D eigenvalue weighted by Gasteiger charge is 2.19. The summed E-state index contributed by atoms with van der Waals surface area (Å²) >= 11 is 0. The zero-order chi connectivity index (χ0) is 19.9. The van der Waals surface area contributed by atoms with Gasteiger partial charge in [-0.2, -0.15) is 5.10 Å². The van der Waals surface area contributed by atoms with E-state index >= 15 is 0 Å². The van der Waals surface area contributed by atoms with Gasteiger partial charge in [0.15, 0.2) is 0 Å². The van der Waals surface area contributed by atoms with Crippen molar-refractivity contribution in [1.29, 1.82) is 0 Å². The summed E-state index contributed by atoms with van der Waals surface area (Å²) in [6, 6.07) is 6.56. The summed E-state index contributed by atoms with van der Waals surface area (Å²) < 4.78 is 7.12. The lowest BCUT2D eigenvalue weighted by Crippen LogP contribution is -2.40. The molecule has 8 nitrogen and oxygen atoms in total. The van der Waals surface area contributed by atoms with Crippen molar-refractivity contribution in [2.24, 2.45) is 0 Å². The van der Waals surface area contributed by atoms with Gasteiger partial charge >= 0.3 is 6.03 Å². The Kier molecular flexibility index (Phi) is 6.65. The summed E-state index contributed by atoms with van der Waals surface area (Å²) in [4.78, 5) is 26.8. The monoisotopic (exact) mass is 385 g/mol. The number of hydrogen-bond acceptors (Lipinski definition) is 4. The molecule has 0 aliphatic carbocycles. The van der Waals surface area contributed by atoms with Gasteiger partial charge in [-0.1, -0.05) is 13.0 Å². The van der Waals surface area contributed by atoms with Crippen LogP contribution in [-0.2, 0) is 11.3 Å². The lowest BCUT2D eigenvalue weighted by molar-refractivity contribution is 0.0303. The van der Waals surface area contributed by atoms with Crippen LogP contribution in [0, 0.1) is 0 Å². The summed E-state index contributed by atoms with van der Waals surface area (Å²) in [5, 5.41) is 10.1. The predicted molar refractivity (Wildman–Crippen MR) is 106 cm³/mol. The quantitative estimate of drug-likeness (QED) is 0.800. The first-order valence-electron chi connectivity index (χ1n) is 9.67. The Morgan fingerprint density at radius 1 is 1.25 bits per heavy atom. The van der Waals surface area contributed by atoms with Crippen molar-refractivity contribution in [3.05, 3.63) is 47.8 Å². The Morgan fingerprint density at radius 3 is 2.71 bits per heavy atom. The van der Waals surface area contributed by atoms with Crippen molar-refractivity contribution in [2.45, 2.75) is 32.9 Å². The van der Waals surface area contributed by atoms with Crippen LogP contribution < -0.4 is 10.6 Å². The molecule has 8 heteroatoms. The lowest BCUT2D eigenvalue weighted by atomic mass is 10.1. The van der Waals surface area contributed by atoms with Crippen molar-refractivity contribution >= 4 is 17.6 Å². The highest BCUT2D eigenvalue weighted by atomic mass is 16.5. The smallest absolute Gasteiger partial charge is 0.319 e.